The van der Waals surface area contributed by atoms with Gasteiger partial charge in [0, 0.05) is 12.4 Å². The van der Waals surface area contributed by atoms with Crippen LogP contribution in [0.3, 0.4) is 0 Å². The fraction of sp³-hybridized carbons (Fsp3) is 0.0909. The van der Waals surface area contributed by atoms with Crippen LogP contribution in [0.5, 0.6) is 0 Å². The van der Waals surface area contributed by atoms with E-state index in [4.69, 9.17) is 0 Å². The Morgan fingerprint density at radius 2 is 2.36 bits per heavy atom. The Bertz CT molecular complexity index is 464. The molecule has 0 N–H and O–H groups in total. The standard InChI is InChI=1S/C11H10N2O/c1-9(14)5-6-10-8-13-7-3-2-4-11(13)12-10/h2-8H,1H3. The summed E-state index contributed by atoms with van der Waals surface area (Å²) in [6.45, 7) is 1.52. The van der Waals surface area contributed by atoms with Crippen molar-refractivity contribution in [2.24, 2.45) is 0 Å². The van der Waals surface area contributed by atoms with Crippen LogP contribution in [0.1, 0.15) is 12.6 Å². The van der Waals surface area contributed by atoms with Crippen molar-refractivity contribution in [2.45, 2.75) is 6.92 Å². The summed E-state index contributed by atoms with van der Waals surface area (Å²) in [5.74, 6) is 0.0297. The maximum absolute atomic E-state index is 10.7. The number of aromatic nitrogens is 2. The minimum Gasteiger partial charge on any atom is -0.306 e. The van der Waals surface area contributed by atoms with E-state index in [1.165, 1.54) is 13.0 Å². The summed E-state index contributed by atoms with van der Waals surface area (Å²) in [7, 11) is 0. The molecule has 0 amide bonds. The molecule has 0 saturated carbocycles. The molecule has 0 saturated heterocycles. The first-order chi connectivity index (χ1) is 6.75. The molecule has 0 aliphatic carbocycles. The summed E-state index contributed by atoms with van der Waals surface area (Å²) < 4.78 is 1.92. The zero-order valence-electron chi connectivity index (χ0n) is 7.84. The highest BCUT2D eigenvalue weighted by atomic mass is 16.1. The van der Waals surface area contributed by atoms with Gasteiger partial charge in [-0.25, -0.2) is 4.98 Å². The molecule has 2 aromatic heterocycles. The van der Waals surface area contributed by atoms with Crippen LogP contribution in [0.15, 0.2) is 36.7 Å². The second-order valence-corrected chi connectivity index (χ2v) is 3.08. The lowest BCUT2D eigenvalue weighted by molar-refractivity contribution is -0.112. The molecule has 2 rings (SSSR count). The van der Waals surface area contributed by atoms with Gasteiger partial charge < -0.3 is 4.40 Å². The first-order valence-corrected chi connectivity index (χ1v) is 4.38. The monoisotopic (exact) mass is 186 g/mol. The average Bonchev–Trinajstić information content (AvgIpc) is 2.57. The van der Waals surface area contributed by atoms with Crippen LogP contribution in [0.4, 0.5) is 0 Å². The van der Waals surface area contributed by atoms with E-state index in [1.54, 1.807) is 6.08 Å². The molecule has 3 heteroatoms. The normalized spacial score (nSPS) is 11.2. The number of rotatable bonds is 2. The Kier molecular flexibility index (Phi) is 2.14. The minimum absolute atomic E-state index is 0.0297. The van der Waals surface area contributed by atoms with Crippen molar-refractivity contribution in [2.75, 3.05) is 0 Å². The molecule has 0 aliphatic heterocycles. The fourth-order valence-electron chi connectivity index (χ4n) is 1.24. The van der Waals surface area contributed by atoms with E-state index in [0.717, 1.165) is 11.3 Å². The Hall–Kier alpha value is -1.90. The summed E-state index contributed by atoms with van der Waals surface area (Å²) in [5.41, 5.74) is 1.68. The third-order valence-corrected chi connectivity index (χ3v) is 1.87. The van der Waals surface area contributed by atoms with Crippen molar-refractivity contribution in [1.82, 2.24) is 9.38 Å². The lowest BCUT2D eigenvalue weighted by Gasteiger charge is -1.86. The number of carbonyl (C=O) groups excluding carboxylic acids is 1. The van der Waals surface area contributed by atoms with E-state index in [2.05, 4.69) is 4.98 Å². The summed E-state index contributed by atoms with van der Waals surface area (Å²) >= 11 is 0. The third-order valence-electron chi connectivity index (χ3n) is 1.87. The van der Waals surface area contributed by atoms with Crippen molar-refractivity contribution < 1.29 is 4.79 Å². The fourth-order valence-corrected chi connectivity index (χ4v) is 1.24. The Labute approximate surface area is 81.7 Å². The van der Waals surface area contributed by atoms with Crippen molar-refractivity contribution in [3.8, 4) is 0 Å². The van der Waals surface area contributed by atoms with Gasteiger partial charge in [-0.15, -0.1) is 0 Å². The zero-order valence-corrected chi connectivity index (χ0v) is 7.84. The second-order valence-electron chi connectivity index (χ2n) is 3.08. The molecule has 0 fully saturated rings. The van der Waals surface area contributed by atoms with Gasteiger partial charge in [0.05, 0.1) is 5.69 Å². The molecular formula is C11H10N2O. The molecule has 0 atom stereocenters. The highest BCUT2D eigenvalue weighted by Gasteiger charge is 1.96. The summed E-state index contributed by atoms with van der Waals surface area (Å²) in [4.78, 5) is 15.0. The van der Waals surface area contributed by atoms with E-state index < -0.39 is 0 Å². The molecule has 70 valence electrons. The highest BCUT2D eigenvalue weighted by molar-refractivity contribution is 5.91. The van der Waals surface area contributed by atoms with Crippen molar-refractivity contribution in [3.05, 3.63) is 42.4 Å². The van der Waals surface area contributed by atoms with E-state index >= 15 is 0 Å². The molecule has 0 bridgehead atoms. The predicted octanol–water partition coefficient (Wildman–Crippen LogP) is 1.94. The number of hydrogen-bond donors (Lipinski definition) is 0. The lowest BCUT2D eigenvalue weighted by atomic mass is 10.3. The molecule has 0 unspecified atom stereocenters. The van der Waals surface area contributed by atoms with Crippen LogP contribution >= 0.6 is 0 Å². The van der Waals surface area contributed by atoms with E-state index in [9.17, 15) is 4.79 Å². The molecule has 0 spiro atoms. The summed E-state index contributed by atoms with van der Waals surface area (Å²) in [5, 5.41) is 0. The van der Waals surface area contributed by atoms with E-state index in [0.29, 0.717) is 0 Å². The number of hydrogen-bond acceptors (Lipinski definition) is 2. The van der Waals surface area contributed by atoms with Gasteiger partial charge in [0.15, 0.2) is 5.78 Å². The largest absolute Gasteiger partial charge is 0.306 e. The molecule has 0 radical (unpaired) electrons. The first-order valence-electron chi connectivity index (χ1n) is 4.38. The number of pyridine rings is 1. The predicted molar refractivity (Wildman–Crippen MR) is 54.9 cm³/mol. The van der Waals surface area contributed by atoms with E-state index in [1.807, 2.05) is 35.0 Å². The van der Waals surface area contributed by atoms with Crippen molar-refractivity contribution in [3.63, 3.8) is 0 Å². The van der Waals surface area contributed by atoms with Crippen molar-refractivity contribution in [1.29, 1.82) is 0 Å². The van der Waals surface area contributed by atoms with E-state index in [-0.39, 0.29) is 5.78 Å². The molecular weight excluding hydrogens is 176 g/mol. The van der Waals surface area contributed by atoms with Gasteiger partial charge in [-0.05, 0) is 31.2 Å². The summed E-state index contributed by atoms with van der Waals surface area (Å²) in [6.07, 6.45) is 7.04. The third kappa shape index (κ3) is 1.71. The van der Waals surface area contributed by atoms with Gasteiger partial charge in [-0.2, -0.15) is 0 Å². The number of allylic oxidation sites excluding steroid dienone is 1. The Balaban J connectivity index is 2.40. The van der Waals surface area contributed by atoms with Gasteiger partial charge in [0.1, 0.15) is 5.65 Å². The smallest absolute Gasteiger partial charge is 0.152 e. The molecule has 0 aliphatic rings. The maximum Gasteiger partial charge on any atom is 0.152 e. The van der Waals surface area contributed by atoms with Gasteiger partial charge >= 0.3 is 0 Å². The lowest BCUT2D eigenvalue weighted by Crippen LogP contribution is -1.79. The van der Waals surface area contributed by atoms with Gasteiger partial charge in [0.25, 0.3) is 0 Å². The molecule has 0 aromatic carbocycles. The molecule has 2 heterocycles. The highest BCUT2D eigenvalue weighted by Crippen LogP contribution is 2.05. The topological polar surface area (TPSA) is 34.4 Å². The van der Waals surface area contributed by atoms with Gasteiger partial charge in [-0.3, -0.25) is 4.79 Å². The maximum atomic E-state index is 10.7. The van der Waals surface area contributed by atoms with Gasteiger partial charge in [-0.1, -0.05) is 6.07 Å². The Morgan fingerprint density at radius 1 is 1.50 bits per heavy atom. The molecule has 2 aromatic rings. The van der Waals surface area contributed by atoms with Crippen LogP contribution in [-0.2, 0) is 4.79 Å². The molecule has 14 heavy (non-hydrogen) atoms. The van der Waals surface area contributed by atoms with Crippen LogP contribution in [0.25, 0.3) is 11.7 Å². The minimum atomic E-state index is 0.0297. The summed E-state index contributed by atoms with van der Waals surface area (Å²) in [6, 6.07) is 5.79. The first kappa shape index (κ1) is 8.69. The zero-order chi connectivity index (χ0) is 9.97. The number of fused-ring (bicyclic) bond motifs is 1. The second kappa shape index (κ2) is 3.46. The van der Waals surface area contributed by atoms with Crippen LogP contribution in [0, 0.1) is 0 Å². The SMILES string of the molecule is CC(=O)C=Cc1cn2ccccc2n1. The van der Waals surface area contributed by atoms with Crippen molar-refractivity contribution >= 4 is 17.5 Å². The number of carbonyl (C=O) groups is 1. The molecule has 3 nitrogen and oxygen atoms in total. The quantitative estimate of drug-likeness (QED) is 0.672. The number of nitrogens with zero attached hydrogens (tertiary/aromatic N) is 2. The van der Waals surface area contributed by atoms with Crippen LogP contribution in [0.2, 0.25) is 0 Å². The van der Waals surface area contributed by atoms with Crippen LogP contribution < -0.4 is 0 Å². The number of ketones is 1. The number of imidazole rings is 1. The Morgan fingerprint density at radius 3 is 3.07 bits per heavy atom. The van der Waals surface area contributed by atoms with Gasteiger partial charge in [0.2, 0.25) is 0 Å². The van der Waals surface area contributed by atoms with Crippen LogP contribution in [-0.4, -0.2) is 15.2 Å². The average molecular weight is 186 g/mol.